The Labute approximate surface area is 104 Å². The van der Waals surface area contributed by atoms with E-state index in [4.69, 9.17) is 0 Å². The second-order valence-electron chi connectivity index (χ2n) is 4.40. The van der Waals surface area contributed by atoms with Crippen molar-refractivity contribution in [1.29, 1.82) is 0 Å². The number of aryl methyl sites for hydroxylation is 1. The molecule has 1 aromatic heterocycles. The lowest BCUT2D eigenvalue weighted by atomic mass is 10.0. The number of benzene rings is 1. The molecule has 1 fully saturated rings. The van der Waals surface area contributed by atoms with Crippen molar-refractivity contribution in [2.45, 2.75) is 12.8 Å². The summed E-state index contributed by atoms with van der Waals surface area (Å²) < 4.78 is 13.2. The first-order valence-corrected chi connectivity index (χ1v) is 6.54. The van der Waals surface area contributed by atoms with Crippen molar-refractivity contribution in [1.82, 2.24) is 10.3 Å². The van der Waals surface area contributed by atoms with Gasteiger partial charge in [0.05, 0.1) is 5.69 Å². The second-order valence-corrected chi connectivity index (χ2v) is 5.25. The molecule has 0 unspecified atom stereocenters. The van der Waals surface area contributed by atoms with Gasteiger partial charge in [0.15, 0.2) is 0 Å². The standard InChI is InChI=1S/C13H13FN2S/c1-8-4-9(2-3-11(8)14)13-16-12(7-17-13)10-5-15-6-10/h2-4,7,10,15H,5-6H2,1H3. The molecule has 2 heterocycles. The summed E-state index contributed by atoms with van der Waals surface area (Å²) in [6.45, 7) is 3.82. The molecule has 0 radical (unpaired) electrons. The Balaban J connectivity index is 1.92. The summed E-state index contributed by atoms with van der Waals surface area (Å²) in [7, 11) is 0. The van der Waals surface area contributed by atoms with Crippen LogP contribution in [0.2, 0.25) is 0 Å². The van der Waals surface area contributed by atoms with Crippen LogP contribution in [0.15, 0.2) is 23.6 Å². The normalized spacial score (nSPS) is 15.9. The Kier molecular flexibility index (Phi) is 2.68. The number of aromatic nitrogens is 1. The molecule has 17 heavy (non-hydrogen) atoms. The number of hydrogen-bond donors (Lipinski definition) is 1. The molecule has 4 heteroatoms. The van der Waals surface area contributed by atoms with Gasteiger partial charge in [-0.2, -0.15) is 0 Å². The van der Waals surface area contributed by atoms with Crippen LogP contribution in [-0.2, 0) is 0 Å². The smallest absolute Gasteiger partial charge is 0.126 e. The maximum atomic E-state index is 13.2. The van der Waals surface area contributed by atoms with E-state index in [2.05, 4.69) is 15.7 Å². The van der Waals surface area contributed by atoms with Crippen LogP contribution < -0.4 is 5.32 Å². The lowest BCUT2D eigenvalue weighted by Gasteiger charge is -2.25. The average Bonchev–Trinajstić information content (AvgIpc) is 2.69. The number of hydrogen-bond acceptors (Lipinski definition) is 3. The van der Waals surface area contributed by atoms with Crippen molar-refractivity contribution in [3.8, 4) is 10.6 Å². The van der Waals surface area contributed by atoms with Gasteiger partial charge in [-0.25, -0.2) is 9.37 Å². The van der Waals surface area contributed by atoms with E-state index in [9.17, 15) is 4.39 Å². The van der Waals surface area contributed by atoms with Gasteiger partial charge in [-0.15, -0.1) is 11.3 Å². The minimum Gasteiger partial charge on any atom is -0.315 e. The quantitative estimate of drug-likeness (QED) is 0.884. The first kappa shape index (κ1) is 10.9. The maximum Gasteiger partial charge on any atom is 0.126 e. The first-order chi connectivity index (χ1) is 8.24. The van der Waals surface area contributed by atoms with E-state index < -0.39 is 0 Å². The molecular formula is C13H13FN2S. The summed E-state index contributed by atoms with van der Waals surface area (Å²) in [5.74, 6) is 0.398. The van der Waals surface area contributed by atoms with Crippen LogP contribution in [0, 0.1) is 12.7 Å². The summed E-state index contributed by atoms with van der Waals surface area (Å²) in [6, 6.07) is 5.16. The highest BCUT2D eigenvalue weighted by Crippen LogP contribution is 2.29. The molecule has 0 aliphatic carbocycles. The third-order valence-electron chi connectivity index (χ3n) is 3.13. The Hall–Kier alpha value is -1.26. The van der Waals surface area contributed by atoms with E-state index in [1.54, 1.807) is 24.3 Å². The van der Waals surface area contributed by atoms with Crippen molar-refractivity contribution in [3.05, 3.63) is 40.7 Å². The van der Waals surface area contributed by atoms with Crippen LogP contribution in [0.5, 0.6) is 0 Å². The van der Waals surface area contributed by atoms with Crippen LogP contribution in [0.1, 0.15) is 17.2 Å². The zero-order valence-electron chi connectivity index (χ0n) is 9.53. The molecule has 1 aromatic carbocycles. The highest BCUT2D eigenvalue weighted by atomic mass is 32.1. The van der Waals surface area contributed by atoms with Crippen LogP contribution in [0.3, 0.4) is 0 Å². The predicted molar refractivity (Wildman–Crippen MR) is 67.9 cm³/mol. The molecule has 0 spiro atoms. The van der Waals surface area contributed by atoms with Crippen molar-refractivity contribution < 1.29 is 4.39 Å². The largest absolute Gasteiger partial charge is 0.315 e. The predicted octanol–water partition coefficient (Wildman–Crippen LogP) is 2.94. The summed E-state index contributed by atoms with van der Waals surface area (Å²) in [6.07, 6.45) is 0. The molecule has 0 amide bonds. The Morgan fingerprint density at radius 3 is 2.88 bits per heavy atom. The average molecular weight is 248 g/mol. The number of nitrogens with one attached hydrogen (secondary N) is 1. The molecule has 1 saturated heterocycles. The molecule has 1 aliphatic heterocycles. The monoisotopic (exact) mass is 248 g/mol. The Morgan fingerprint density at radius 1 is 1.41 bits per heavy atom. The molecule has 0 atom stereocenters. The van der Waals surface area contributed by atoms with Crippen LogP contribution in [0.4, 0.5) is 4.39 Å². The molecule has 3 rings (SSSR count). The molecule has 0 saturated carbocycles. The molecule has 88 valence electrons. The minimum atomic E-state index is -0.159. The highest BCUT2D eigenvalue weighted by molar-refractivity contribution is 7.13. The van der Waals surface area contributed by atoms with Gasteiger partial charge >= 0.3 is 0 Å². The van der Waals surface area contributed by atoms with Crippen molar-refractivity contribution >= 4 is 11.3 Å². The SMILES string of the molecule is Cc1cc(-c2nc(C3CNC3)cs2)ccc1F. The fourth-order valence-corrected chi connectivity index (χ4v) is 2.78. The number of nitrogens with zero attached hydrogens (tertiary/aromatic N) is 1. The van der Waals surface area contributed by atoms with E-state index in [-0.39, 0.29) is 5.82 Å². The van der Waals surface area contributed by atoms with Crippen molar-refractivity contribution in [2.75, 3.05) is 13.1 Å². The molecule has 2 nitrogen and oxygen atoms in total. The fourth-order valence-electron chi connectivity index (χ4n) is 1.88. The molecule has 1 aliphatic rings. The Morgan fingerprint density at radius 2 is 2.24 bits per heavy atom. The summed E-state index contributed by atoms with van der Waals surface area (Å²) >= 11 is 1.63. The van der Waals surface area contributed by atoms with E-state index >= 15 is 0 Å². The zero-order chi connectivity index (χ0) is 11.8. The van der Waals surface area contributed by atoms with E-state index in [0.717, 1.165) is 29.4 Å². The van der Waals surface area contributed by atoms with E-state index in [0.29, 0.717) is 11.5 Å². The van der Waals surface area contributed by atoms with Crippen molar-refractivity contribution in [3.63, 3.8) is 0 Å². The zero-order valence-corrected chi connectivity index (χ0v) is 10.4. The fraction of sp³-hybridized carbons (Fsp3) is 0.308. The summed E-state index contributed by atoms with van der Waals surface area (Å²) in [5.41, 5.74) is 2.84. The van der Waals surface area contributed by atoms with Crippen LogP contribution in [0.25, 0.3) is 10.6 Å². The van der Waals surface area contributed by atoms with Gasteiger partial charge in [0, 0.05) is 30.0 Å². The van der Waals surface area contributed by atoms with E-state index in [1.807, 2.05) is 6.07 Å². The Bertz CT molecular complexity index is 546. The van der Waals surface area contributed by atoms with Gasteiger partial charge in [0.25, 0.3) is 0 Å². The molecule has 1 N–H and O–H groups in total. The molecular weight excluding hydrogens is 235 g/mol. The maximum absolute atomic E-state index is 13.2. The molecule has 2 aromatic rings. The molecule has 0 bridgehead atoms. The summed E-state index contributed by atoms with van der Waals surface area (Å²) in [4.78, 5) is 4.63. The number of thiazole rings is 1. The lowest BCUT2D eigenvalue weighted by Crippen LogP contribution is -2.40. The van der Waals surface area contributed by atoms with Gasteiger partial charge in [-0.05, 0) is 30.7 Å². The van der Waals surface area contributed by atoms with E-state index in [1.165, 1.54) is 6.07 Å². The van der Waals surface area contributed by atoms with Gasteiger partial charge in [0.2, 0.25) is 0 Å². The van der Waals surface area contributed by atoms with Crippen LogP contribution >= 0.6 is 11.3 Å². The third kappa shape index (κ3) is 1.98. The number of rotatable bonds is 2. The minimum absolute atomic E-state index is 0.159. The van der Waals surface area contributed by atoms with Gasteiger partial charge in [-0.1, -0.05) is 0 Å². The van der Waals surface area contributed by atoms with Crippen LogP contribution in [-0.4, -0.2) is 18.1 Å². The topological polar surface area (TPSA) is 24.9 Å². The van der Waals surface area contributed by atoms with Gasteiger partial charge in [0.1, 0.15) is 10.8 Å². The lowest BCUT2D eigenvalue weighted by molar-refractivity contribution is 0.441. The summed E-state index contributed by atoms with van der Waals surface area (Å²) in [5, 5.41) is 6.33. The number of halogens is 1. The third-order valence-corrected chi connectivity index (χ3v) is 4.04. The second kappa shape index (κ2) is 4.20. The first-order valence-electron chi connectivity index (χ1n) is 5.67. The van der Waals surface area contributed by atoms with Gasteiger partial charge < -0.3 is 5.32 Å². The highest BCUT2D eigenvalue weighted by Gasteiger charge is 2.21. The van der Waals surface area contributed by atoms with Gasteiger partial charge in [-0.3, -0.25) is 0 Å². The van der Waals surface area contributed by atoms with Crippen molar-refractivity contribution in [2.24, 2.45) is 0 Å².